The highest BCUT2D eigenvalue weighted by atomic mass is 32.1. The van der Waals surface area contributed by atoms with Crippen LogP contribution in [0.5, 0.6) is 0 Å². The molecule has 0 bridgehead atoms. The van der Waals surface area contributed by atoms with Crippen LogP contribution in [0, 0.1) is 5.92 Å². The van der Waals surface area contributed by atoms with Crippen LogP contribution in [0.15, 0.2) is 33.8 Å². The van der Waals surface area contributed by atoms with Gasteiger partial charge in [-0.3, -0.25) is 9.59 Å². The molecule has 0 radical (unpaired) electrons. The quantitative estimate of drug-likeness (QED) is 0.563. The van der Waals surface area contributed by atoms with Crippen LogP contribution < -0.4 is 21.1 Å². The number of aliphatic imine (C=N–C) groups is 1. The van der Waals surface area contributed by atoms with Crippen molar-refractivity contribution in [1.82, 2.24) is 24.9 Å². The Morgan fingerprint density at radius 1 is 1.02 bits per heavy atom. The van der Waals surface area contributed by atoms with Crippen LogP contribution in [-0.4, -0.2) is 83.7 Å². The number of nitrogens with one attached hydrogen (secondary N) is 2. The fourth-order valence-electron chi connectivity index (χ4n) is 6.33. The summed E-state index contributed by atoms with van der Waals surface area (Å²) in [6.07, 6.45) is 9.35. The summed E-state index contributed by atoms with van der Waals surface area (Å²) in [6.45, 7) is 7.82. The van der Waals surface area contributed by atoms with E-state index in [2.05, 4.69) is 50.5 Å². The first kappa shape index (κ1) is 28.0. The number of carbonyl (C=O) groups is 1. The molecule has 0 spiro atoms. The second-order valence-electron chi connectivity index (χ2n) is 12.0. The Bertz CT molecular complexity index is 1380. The second kappa shape index (κ2) is 12.0. The minimum atomic E-state index is -0.180. The normalized spacial score (nSPS) is 23.5. The molecule has 2 saturated heterocycles. The zero-order valence-electron chi connectivity index (χ0n) is 24.5. The number of hydrogen-bond donors (Lipinski definition) is 2. The smallest absolute Gasteiger partial charge is 0.290 e. The van der Waals surface area contributed by atoms with Crippen LogP contribution in [0.2, 0.25) is 0 Å². The largest absolute Gasteiger partial charge is 0.371 e. The molecular weight excluding hydrogens is 536 g/mol. The average Bonchev–Trinajstić information content (AvgIpc) is 3.42. The van der Waals surface area contributed by atoms with Crippen molar-refractivity contribution in [1.29, 1.82) is 0 Å². The van der Waals surface area contributed by atoms with Gasteiger partial charge in [0.05, 0.1) is 4.88 Å². The van der Waals surface area contributed by atoms with Gasteiger partial charge in [-0.2, -0.15) is 5.10 Å². The Labute approximate surface area is 246 Å². The van der Waals surface area contributed by atoms with E-state index in [9.17, 15) is 9.59 Å². The molecule has 1 unspecified atom stereocenters. The van der Waals surface area contributed by atoms with Crippen LogP contribution in [0.1, 0.15) is 59.1 Å². The van der Waals surface area contributed by atoms with E-state index in [0.29, 0.717) is 12.2 Å². The van der Waals surface area contributed by atoms with Gasteiger partial charge in [0.2, 0.25) is 0 Å². The lowest BCUT2D eigenvalue weighted by Gasteiger charge is -2.37. The Balaban J connectivity index is 1.13. The Morgan fingerprint density at radius 2 is 1.83 bits per heavy atom. The van der Waals surface area contributed by atoms with Crippen LogP contribution in [-0.2, 0) is 19.9 Å². The van der Waals surface area contributed by atoms with Crippen molar-refractivity contribution in [2.45, 2.75) is 57.9 Å². The maximum atomic E-state index is 13.1. The molecule has 2 aromatic heterocycles. The predicted octanol–water partition coefficient (Wildman–Crippen LogP) is 3.06. The third-order valence-electron chi connectivity index (χ3n) is 8.86. The summed E-state index contributed by atoms with van der Waals surface area (Å²) in [4.78, 5) is 40.1. The number of anilines is 2. The lowest BCUT2D eigenvalue weighted by atomic mass is 9.99. The van der Waals surface area contributed by atoms with E-state index >= 15 is 0 Å². The van der Waals surface area contributed by atoms with Crippen LogP contribution in [0.4, 0.5) is 11.5 Å². The van der Waals surface area contributed by atoms with Gasteiger partial charge >= 0.3 is 0 Å². The number of fused-ring (bicyclic) bond motifs is 1. The van der Waals surface area contributed by atoms with Crippen molar-refractivity contribution in [2.24, 2.45) is 18.0 Å². The molecule has 11 heteroatoms. The van der Waals surface area contributed by atoms with Gasteiger partial charge in [-0.15, -0.1) is 11.3 Å². The van der Waals surface area contributed by atoms with Crippen molar-refractivity contribution in [2.75, 3.05) is 56.5 Å². The predicted molar refractivity (Wildman–Crippen MR) is 165 cm³/mol. The van der Waals surface area contributed by atoms with Gasteiger partial charge in [-0.1, -0.05) is 6.92 Å². The number of carbonyl (C=O) groups excluding carboxylic acids is 1. The number of piperazine rings is 1. The van der Waals surface area contributed by atoms with E-state index in [1.54, 1.807) is 18.4 Å². The summed E-state index contributed by atoms with van der Waals surface area (Å²) in [7, 11) is 3.85. The molecule has 3 aliphatic heterocycles. The van der Waals surface area contributed by atoms with E-state index in [1.165, 1.54) is 33.7 Å². The number of allylic oxidation sites excluding steroid dienone is 1. The number of rotatable bonds is 5. The molecule has 220 valence electrons. The molecule has 2 fully saturated rings. The zero-order valence-corrected chi connectivity index (χ0v) is 25.3. The van der Waals surface area contributed by atoms with E-state index in [1.807, 2.05) is 12.3 Å². The van der Waals surface area contributed by atoms with E-state index < -0.39 is 0 Å². The SMILES string of the molecule is CC1CC(N2CCN(C)CC2)=CN=C1Nc1cc(N2CCC[C@@H](NC(=O)c3cc4c(s3)CCCC4)C2)nn(C)c1=O. The van der Waals surface area contributed by atoms with Crippen molar-refractivity contribution in [3.63, 3.8) is 0 Å². The van der Waals surface area contributed by atoms with E-state index in [-0.39, 0.29) is 23.4 Å². The van der Waals surface area contributed by atoms with Gasteiger partial charge in [-0.25, -0.2) is 9.67 Å². The number of hydrogen-bond acceptors (Lipinski definition) is 9. The third-order valence-corrected chi connectivity index (χ3v) is 10.1. The fraction of sp³-hybridized carbons (Fsp3) is 0.600. The molecule has 1 aliphatic carbocycles. The number of thiophene rings is 1. The van der Waals surface area contributed by atoms with E-state index in [0.717, 1.165) is 81.4 Å². The fourth-order valence-corrected chi connectivity index (χ4v) is 7.49. The topological polar surface area (TPSA) is 98.1 Å². The van der Waals surface area contributed by atoms with Crippen molar-refractivity contribution in [3.8, 4) is 0 Å². The molecule has 4 aliphatic rings. The van der Waals surface area contributed by atoms with Gasteiger partial charge in [0.15, 0.2) is 5.82 Å². The third kappa shape index (κ3) is 6.21. The molecule has 2 aromatic rings. The molecule has 2 atom stereocenters. The number of amides is 1. The zero-order chi connectivity index (χ0) is 28.5. The highest BCUT2D eigenvalue weighted by Gasteiger charge is 2.27. The van der Waals surface area contributed by atoms with Gasteiger partial charge in [0.1, 0.15) is 11.5 Å². The summed E-state index contributed by atoms with van der Waals surface area (Å²) < 4.78 is 1.40. The highest BCUT2D eigenvalue weighted by Crippen LogP contribution is 2.30. The summed E-state index contributed by atoms with van der Waals surface area (Å²) in [5.74, 6) is 1.74. The molecule has 10 nitrogen and oxygen atoms in total. The summed E-state index contributed by atoms with van der Waals surface area (Å²) >= 11 is 1.66. The van der Waals surface area contributed by atoms with Crippen LogP contribution in [0.3, 0.4) is 0 Å². The maximum Gasteiger partial charge on any atom is 0.290 e. The van der Waals surface area contributed by atoms with Gasteiger partial charge in [0.25, 0.3) is 11.5 Å². The van der Waals surface area contributed by atoms with Gasteiger partial charge < -0.3 is 25.3 Å². The molecule has 41 heavy (non-hydrogen) atoms. The number of piperidine rings is 1. The summed E-state index contributed by atoms with van der Waals surface area (Å²) in [5, 5.41) is 11.2. The van der Waals surface area contributed by atoms with E-state index in [4.69, 9.17) is 4.99 Å². The van der Waals surface area contributed by atoms with Gasteiger partial charge in [-0.05, 0) is 63.6 Å². The number of likely N-dealkylation sites (N-methyl/N-ethyl adjacent to an activating group) is 1. The summed E-state index contributed by atoms with van der Waals surface area (Å²) in [6, 6.07) is 3.97. The van der Waals surface area contributed by atoms with Crippen LogP contribution >= 0.6 is 11.3 Å². The standard InChI is InChI=1S/C30H42N8O2S/c1-20-15-23(37-13-11-35(2)12-14-37)18-31-28(20)33-24-17-27(34-36(3)30(24)40)38-10-6-8-22(19-38)32-29(39)26-16-21-7-4-5-9-25(21)41-26/h16-18,20,22H,4-15,19H2,1-3H3,(H,31,33)(H,32,39)/t20?,22-/m1/s1. The highest BCUT2D eigenvalue weighted by molar-refractivity contribution is 7.14. The first-order chi connectivity index (χ1) is 19.8. The molecular formula is C30H42N8O2S. The maximum absolute atomic E-state index is 13.1. The Morgan fingerprint density at radius 3 is 2.61 bits per heavy atom. The average molecular weight is 579 g/mol. The van der Waals surface area contributed by atoms with Crippen molar-refractivity contribution in [3.05, 3.63) is 49.7 Å². The van der Waals surface area contributed by atoms with Crippen LogP contribution in [0.25, 0.3) is 0 Å². The molecule has 2 N–H and O–H groups in total. The molecule has 6 rings (SSSR count). The molecule has 0 saturated carbocycles. The Hall–Kier alpha value is -3.18. The lowest BCUT2D eigenvalue weighted by Crippen LogP contribution is -2.48. The molecule has 0 aromatic carbocycles. The van der Waals surface area contributed by atoms with Crippen molar-refractivity contribution >= 4 is 34.6 Å². The minimum Gasteiger partial charge on any atom is -0.371 e. The number of nitrogens with zero attached hydrogens (tertiary/aromatic N) is 6. The molecule has 5 heterocycles. The second-order valence-corrected chi connectivity index (χ2v) is 13.2. The monoisotopic (exact) mass is 578 g/mol. The number of aromatic nitrogens is 2. The molecule has 1 amide bonds. The number of amidine groups is 1. The lowest BCUT2D eigenvalue weighted by molar-refractivity contribution is 0.0937. The minimum absolute atomic E-state index is 0.0281. The Kier molecular flexibility index (Phi) is 8.16. The number of aryl methyl sites for hydroxylation is 3. The van der Waals surface area contributed by atoms with Gasteiger partial charge in [0, 0.05) is 81.1 Å². The summed E-state index contributed by atoms with van der Waals surface area (Å²) in [5.41, 5.74) is 2.92. The van der Waals surface area contributed by atoms with Crippen molar-refractivity contribution < 1.29 is 4.79 Å². The first-order valence-corrected chi connectivity index (χ1v) is 15.9. The first-order valence-electron chi connectivity index (χ1n) is 15.1.